The van der Waals surface area contributed by atoms with Crippen molar-refractivity contribution >= 4 is 11.3 Å². The second-order valence-corrected chi connectivity index (χ2v) is 7.01. The van der Waals surface area contributed by atoms with Gasteiger partial charge in [-0.25, -0.2) is 0 Å². The summed E-state index contributed by atoms with van der Waals surface area (Å²) < 4.78 is 0. The Kier molecular flexibility index (Phi) is 5.43. The van der Waals surface area contributed by atoms with Gasteiger partial charge in [0, 0.05) is 17.0 Å². The van der Waals surface area contributed by atoms with Gasteiger partial charge in [-0.15, -0.1) is 11.3 Å². The Morgan fingerprint density at radius 1 is 1.42 bits per heavy atom. The summed E-state index contributed by atoms with van der Waals surface area (Å²) in [6, 6.07) is 5.70. The molecule has 0 spiro atoms. The van der Waals surface area contributed by atoms with Crippen molar-refractivity contribution in [3.05, 3.63) is 22.4 Å². The van der Waals surface area contributed by atoms with Crippen LogP contribution in [-0.2, 0) is 0 Å². The average Bonchev–Trinajstić information content (AvgIpc) is 2.93. The maximum absolute atomic E-state index is 6.43. The molecule has 0 saturated heterocycles. The fourth-order valence-corrected chi connectivity index (χ4v) is 4.46. The largest absolute Gasteiger partial charge is 0.326 e. The molecule has 4 unspecified atom stereocenters. The van der Waals surface area contributed by atoms with E-state index in [1.54, 1.807) is 0 Å². The number of rotatable bonds is 5. The van der Waals surface area contributed by atoms with Crippen molar-refractivity contribution in [3.63, 3.8) is 0 Å². The van der Waals surface area contributed by atoms with Gasteiger partial charge in [-0.05, 0) is 43.7 Å². The normalized spacial score (nSPS) is 27.4. The molecule has 1 aromatic heterocycles. The molecule has 4 atom stereocenters. The summed E-state index contributed by atoms with van der Waals surface area (Å²) in [5.74, 6) is 0.797. The lowest BCUT2D eigenvalue weighted by Crippen LogP contribution is -2.47. The topological polar surface area (TPSA) is 29.3 Å². The number of thiophene rings is 1. The van der Waals surface area contributed by atoms with Crippen LogP contribution < -0.4 is 5.73 Å². The van der Waals surface area contributed by atoms with E-state index in [9.17, 15) is 0 Å². The van der Waals surface area contributed by atoms with Crippen LogP contribution in [0.4, 0.5) is 0 Å². The molecule has 1 heterocycles. The van der Waals surface area contributed by atoms with Crippen LogP contribution >= 0.6 is 11.3 Å². The predicted molar refractivity (Wildman–Crippen MR) is 84.5 cm³/mol. The summed E-state index contributed by atoms with van der Waals surface area (Å²) in [5.41, 5.74) is 6.43. The molecule has 2 rings (SSSR count). The van der Waals surface area contributed by atoms with Crippen molar-refractivity contribution in [2.45, 2.75) is 64.1 Å². The number of likely N-dealkylation sites (N-methyl/N-ethyl adjacent to an activating group) is 1. The van der Waals surface area contributed by atoms with Crippen molar-refractivity contribution in [2.75, 3.05) is 7.05 Å². The zero-order valence-electron chi connectivity index (χ0n) is 12.5. The highest BCUT2D eigenvalue weighted by atomic mass is 32.1. The van der Waals surface area contributed by atoms with Crippen molar-refractivity contribution in [1.29, 1.82) is 0 Å². The van der Waals surface area contributed by atoms with E-state index in [1.165, 1.54) is 30.6 Å². The van der Waals surface area contributed by atoms with E-state index >= 15 is 0 Å². The van der Waals surface area contributed by atoms with Gasteiger partial charge in [-0.3, -0.25) is 4.90 Å². The van der Waals surface area contributed by atoms with E-state index in [1.807, 2.05) is 11.3 Å². The number of nitrogens with two attached hydrogens (primary N) is 1. The van der Waals surface area contributed by atoms with Crippen LogP contribution in [0.3, 0.4) is 0 Å². The molecular formula is C16H28N2S. The Labute approximate surface area is 122 Å². The van der Waals surface area contributed by atoms with Crippen molar-refractivity contribution in [1.82, 2.24) is 4.90 Å². The van der Waals surface area contributed by atoms with E-state index in [0.717, 1.165) is 12.3 Å². The molecule has 0 aromatic carbocycles. The zero-order valence-corrected chi connectivity index (χ0v) is 13.3. The molecule has 0 radical (unpaired) electrons. The lowest BCUT2D eigenvalue weighted by molar-refractivity contribution is 0.0840. The van der Waals surface area contributed by atoms with E-state index in [4.69, 9.17) is 5.73 Å². The fraction of sp³-hybridized carbons (Fsp3) is 0.750. The van der Waals surface area contributed by atoms with Crippen LogP contribution in [0.2, 0.25) is 0 Å². The minimum Gasteiger partial charge on any atom is -0.326 e. The third kappa shape index (κ3) is 3.39. The second kappa shape index (κ2) is 6.87. The van der Waals surface area contributed by atoms with Crippen LogP contribution in [-0.4, -0.2) is 24.0 Å². The number of nitrogens with zero attached hydrogens (tertiary/aromatic N) is 1. The standard InChI is InChI=1S/C16H28N2S/c1-4-13(17)16(15-10-7-11-19-15)18(3)14-9-6-5-8-12(14)2/h7,10-14,16H,4-6,8-9,17H2,1-3H3. The molecule has 1 aliphatic rings. The minimum absolute atomic E-state index is 0.234. The van der Waals surface area contributed by atoms with Gasteiger partial charge < -0.3 is 5.73 Å². The Balaban J connectivity index is 2.17. The molecule has 0 bridgehead atoms. The molecule has 0 amide bonds. The van der Waals surface area contributed by atoms with Gasteiger partial charge in [0.15, 0.2) is 0 Å². The summed E-state index contributed by atoms with van der Waals surface area (Å²) in [7, 11) is 2.28. The predicted octanol–water partition coefficient (Wildman–Crippen LogP) is 4.04. The van der Waals surface area contributed by atoms with Crippen LogP contribution in [0.5, 0.6) is 0 Å². The first kappa shape index (κ1) is 15.0. The Bertz CT molecular complexity index is 363. The van der Waals surface area contributed by atoms with E-state index in [2.05, 4.69) is 43.3 Å². The molecular weight excluding hydrogens is 252 g/mol. The lowest BCUT2D eigenvalue weighted by Gasteiger charge is -2.42. The first-order valence-electron chi connectivity index (χ1n) is 7.66. The summed E-state index contributed by atoms with van der Waals surface area (Å²) in [5, 5.41) is 2.17. The molecule has 1 fully saturated rings. The molecule has 0 aliphatic heterocycles. The molecule has 2 nitrogen and oxygen atoms in total. The average molecular weight is 280 g/mol. The van der Waals surface area contributed by atoms with Gasteiger partial charge in [0.1, 0.15) is 0 Å². The van der Waals surface area contributed by atoms with Gasteiger partial charge in [-0.2, -0.15) is 0 Å². The van der Waals surface area contributed by atoms with Crippen molar-refractivity contribution in [2.24, 2.45) is 11.7 Å². The highest BCUT2D eigenvalue weighted by Gasteiger charge is 2.32. The summed E-state index contributed by atoms with van der Waals surface area (Å²) in [6.45, 7) is 4.60. The third-order valence-corrected chi connectivity index (χ3v) is 5.68. The minimum atomic E-state index is 0.234. The van der Waals surface area contributed by atoms with E-state index in [-0.39, 0.29) is 6.04 Å². The molecule has 3 heteroatoms. The fourth-order valence-electron chi connectivity index (χ4n) is 3.50. The van der Waals surface area contributed by atoms with E-state index in [0.29, 0.717) is 12.1 Å². The van der Waals surface area contributed by atoms with Gasteiger partial charge in [0.25, 0.3) is 0 Å². The summed E-state index contributed by atoms with van der Waals surface area (Å²) >= 11 is 1.85. The molecule has 108 valence electrons. The zero-order chi connectivity index (χ0) is 13.8. The summed E-state index contributed by atoms with van der Waals surface area (Å²) in [4.78, 5) is 4.00. The quantitative estimate of drug-likeness (QED) is 0.882. The number of hydrogen-bond donors (Lipinski definition) is 1. The second-order valence-electron chi connectivity index (χ2n) is 6.03. The maximum atomic E-state index is 6.43. The smallest absolute Gasteiger partial charge is 0.0593 e. The Morgan fingerprint density at radius 3 is 2.74 bits per heavy atom. The lowest BCUT2D eigenvalue weighted by atomic mass is 9.83. The summed E-state index contributed by atoms with van der Waals surface area (Å²) in [6.07, 6.45) is 6.50. The van der Waals surface area contributed by atoms with Gasteiger partial charge in [0.05, 0.1) is 6.04 Å². The van der Waals surface area contributed by atoms with Crippen LogP contribution in [0, 0.1) is 5.92 Å². The van der Waals surface area contributed by atoms with Crippen molar-refractivity contribution in [3.8, 4) is 0 Å². The monoisotopic (exact) mass is 280 g/mol. The van der Waals surface area contributed by atoms with Crippen LogP contribution in [0.15, 0.2) is 17.5 Å². The van der Waals surface area contributed by atoms with Crippen molar-refractivity contribution < 1.29 is 0 Å². The maximum Gasteiger partial charge on any atom is 0.0593 e. The third-order valence-electron chi connectivity index (χ3n) is 4.74. The van der Waals surface area contributed by atoms with Gasteiger partial charge in [0.2, 0.25) is 0 Å². The highest BCUT2D eigenvalue weighted by Crippen LogP contribution is 2.35. The SMILES string of the molecule is CCC(N)C(c1cccs1)N(C)C1CCCCC1C. The molecule has 19 heavy (non-hydrogen) atoms. The van der Waals surface area contributed by atoms with Gasteiger partial charge >= 0.3 is 0 Å². The first-order chi connectivity index (χ1) is 9.15. The molecule has 2 N–H and O–H groups in total. The number of hydrogen-bond acceptors (Lipinski definition) is 3. The van der Waals surface area contributed by atoms with Crippen LogP contribution in [0.25, 0.3) is 0 Å². The molecule has 1 aromatic rings. The Hall–Kier alpha value is -0.380. The first-order valence-corrected chi connectivity index (χ1v) is 8.54. The van der Waals surface area contributed by atoms with Crippen LogP contribution in [0.1, 0.15) is 56.9 Å². The Morgan fingerprint density at radius 2 is 2.16 bits per heavy atom. The van der Waals surface area contributed by atoms with Gasteiger partial charge in [-0.1, -0.05) is 32.8 Å². The van der Waals surface area contributed by atoms with E-state index < -0.39 is 0 Å². The molecule has 1 aliphatic carbocycles. The molecule has 1 saturated carbocycles. The highest BCUT2D eigenvalue weighted by molar-refractivity contribution is 7.10.